The molecule has 19 heavy (non-hydrogen) atoms. The Bertz CT molecular complexity index is 327. The van der Waals surface area contributed by atoms with Crippen LogP contribution in [-0.4, -0.2) is 46.5 Å². The molecule has 0 aromatic heterocycles. The Morgan fingerprint density at radius 3 is 2.58 bits per heavy atom. The van der Waals surface area contributed by atoms with Gasteiger partial charge in [-0.3, -0.25) is 0 Å². The monoisotopic (exact) mass is 292 g/mol. The predicted octanol–water partition coefficient (Wildman–Crippen LogP) is 1.11. The molecule has 0 aromatic carbocycles. The quantitative estimate of drug-likeness (QED) is 0.529. The molecule has 0 radical (unpaired) electrons. The maximum absolute atomic E-state index is 11.6. The van der Waals surface area contributed by atoms with Crippen LogP contribution in [0.2, 0.25) is 0 Å². The van der Waals surface area contributed by atoms with Gasteiger partial charge in [0.2, 0.25) is 10.0 Å². The Labute approximate surface area is 117 Å². The maximum Gasteiger partial charge on any atom is 0.211 e. The van der Waals surface area contributed by atoms with Crippen LogP contribution in [0, 0.1) is 5.92 Å². The summed E-state index contributed by atoms with van der Waals surface area (Å²) in [5, 5.41) is 3.31. The molecule has 0 aromatic rings. The van der Waals surface area contributed by atoms with E-state index in [1.807, 2.05) is 0 Å². The fraction of sp³-hybridized carbons (Fsp3) is 1.00. The third-order valence-electron chi connectivity index (χ3n) is 3.01. The van der Waals surface area contributed by atoms with Crippen molar-refractivity contribution in [1.29, 1.82) is 0 Å². The Morgan fingerprint density at radius 1 is 1.21 bits per heavy atom. The SMILES string of the molecule is CC(C)CCOCCNS(=O)(=O)CCCNC1CC1. The molecule has 0 aliphatic heterocycles. The average Bonchev–Trinajstić information content (AvgIpc) is 3.13. The molecule has 5 nitrogen and oxygen atoms in total. The van der Waals surface area contributed by atoms with Crippen molar-refractivity contribution in [2.24, 2.45) is 5.92 Å². The highest BCUT2D eigenvalue weighted by Crippen LogP contribution is 2.18. The van der Waals surface area contributed by atoms with Gasteiger partial charge in [0.05, 0.1) is 12.4 Å². The van der Waals surface area contributed by atoms with Crippen LogP contribution >= 0.6 is 0 Å². The molecule has 114 valence electrons. The number of nitrogens with one attached hydrogen (secondary N) is 2. The number of ether oxygens (including phenoxy) is 1. The minimum Gasteiger partial charge on any atom is -0.380 e. The second-order valence-electron chi connectivity index (χ2n) is 5.59. The maximum atomic E-state index is 11.6. The first-order valence-corrected chi connectivity index (χ1v) is 8.93. The van der Waals surface area contributed by atoms with Gasteiger partial charge in [-0.25, -0.2) is 13.1 Å². The minimum absolute atomic E-state index is 0.193. The first-order chi connectivity index (χ1) is 8.99. The van der Waals surface area contributed by atoms with Gasteiger partial charge in [-0.05, 0) is 38.1 Å². The zero-order chi connectivity index (χ0) is 14.1. The van der Waals surface area contributed by atoms with E-state index in [9.17, 15) is 8.42 Å². The molecule has 0 heterocycles. The van der Waals surface area contributed by atoms with E-state index in [-0.39, 0.29) is 5.75 Å². The van der Waals surface area contributed by atoms with Crippen LogP contribution in [0.1, 0.15) is 39.5 Å². The molecule has 0 amide bonds. The standard InChI is InChI=1S/C13H28N2O3S/c1-12(2)6-9-18-10-8-15-19(16,17)11-3-7-14-13-4-5-13/h12-15H,3-11H2,1-2H3. The highest BCUT2D eigenvalue weighted by molar-refractivity contribution is 7.89. The zero-order valence-corrected chi connectivity index (χ0v) is 13.0. The summed E-state index contributed by atoms with van der Waals surface area (Å²) in [4.78, 5) is 0. The molecule has 1 aliphatic rings. The molecule has 6 heteroatoms. The molecule has 0 saturated heterocycles. The van der Waals surface area contributed by atoms with Crippen LogP contribution in [0.15, 0.2) is 0 Å². The number of hydrogen-bond acceptors (Lipinski definition) is 4. The summed E-state index contributed by atoms with van der Waals surface area (Å²) >= 11 is 0. The molecule has 0 bridgehead atoms. The van der Waals surface area contributed by atoms with Gasteiger partial charge < -0.3 is 10.1 Å². The third-order valence-corrected chi connectivity index (χ3v) is 4.48. The molecule has 0 unspecified atom stereocenters. The topological polar surface area (TPSA) is 67.4 Å². The molecule has 1 fully saturated rings. The van der Waals surface area contributed by atoms with Crippen LogP contribution in [0.3, 0.4) is 0 Å². The van der Waals surface area contributed by atoms with E-state index in [0.29, 0.717) is 38.1 Å². The predicted molar refractivity (Wildman–Crippen MR) is 77.7 cm³/mol. The van der Waals surface area contributed by atoms with E-state index >= 15 is 0 Å². The minimum atomic E-state index is -3.13. The molecule has 1 aliphatic carbocycles. The average molecular weight is 292 g/mol. The summed E-state index contributed by atoms with van der Waals surface area (Å²) in [7, 11) is -3.13. The highest BCUT2D eigenvalue weighted by atomic mass is 32.2. The molecule has 1 saturated carbocycles. The van der Waals surface area contributed by atoms with Gasteiger partial charge in [-0.15, -0.1) is 0 Å². The van der Waals surface area contributed by atoms with Crippen molar-refractivity contribution in [2.75, 3.05) is 32.1 Å². The third kappa shape index (κ3) is 10.3. The van der Waals surface area contributed by atoms with Crippen molar-refractivity contribution in [1.82, 2.24) is 10.0 Å². The second kappa shape index (κ2) is 8.89. The van der Waals surface area contributed by atoms with Gasteiger partial charge in [-0.1, -0.05) is 13.8 Å². The molecular weight excluding hydrogens is 264 g/mol. The normalized spacial score (nSPS) is 16.2. The van der Waals surface area contributed by atoms with Gasteiger partial charge in [0.1, 0.15) is 0 Å². The van der Waals surface area contributed by atoms with E-state index in [0.717, 1.165) is 13.0 Å². The summed E-state index contributed by atoms with van der Waals surface area (Å²) in [5.74, 6) is 0.814. The van der Waals surface area contributed by atoms with Gasteiger partial charge in [0, 0.05) is 19.2 Å². The van der Waals surface area contributed by atoms with Crippen molar-refractivity contribution >= 4 is 10.0 Å². The second-order valence-corrected chi connectivity index (χ2v) is 7.52. The smallest absolute Gasteiger partial charge is 0.211 e. The van der Waals surface area contributed by atoms with E-state index in [4.69, 9.17) is 4.74 Å². The van der Waals surface area contributed by atoms with E-state index in [1.165, 1.54) is 12.8 Å². The molecule has 0 atom stereocenters. The summed E-state index contributed by atoms with van der Waals surface area (Å²) in [6.45, 7) is 6.59. The Kier molecular flexibility index (Phi) is 7.90. The van der Waals surface area contributed by atoms with Crippen molar-refractivity contribution in [3.8, 4) is 0 Å². The van der Waals surface area contributed by atoms with Crippen LogP contribution < -0.4 is 10.0 Å². The van der Waals surface area contributed by atoms with E-state index in [2.05, 4.69) is 23.9 Å². The molecule has 0 spiro atoms. The number of hydrogen-bond donors (Lipinski definition) is 2. The van der Waals surface area contributed by atoms with Crippen LogP contribution in [-0.2, 0) is 14.8 Å². The Morgan fingerprint density at radius 2 is 1.95 bits per heavy atom. The summed E-state index contributed by atoms with van der Waals surface area (Å²) in [6.07, 6.45) is 4.15. The summed E-state index contributed by atoms with van der Waals surface area (Å²) < 4.78 is 31.2. The lowest BCUT2D eigenvalue weighted by Crippen LogP contribution is -2.31. The first-order valence-electron chi connectivity index (χ1n) is 7.28. The zero-order valence-electron chi connectivity index (χ0n) is 12.2. The summed E-state index contributed by atoms with van der Waals surface area (Å²) in [5.41, 5.74) is 0. The van der Waals surface area contributed by atoms with Crippen molar-refractivity contribution < 1.29 is 13.2 Å². The number of rotatable bonds is 12. The number of sulfonamides is 1. The highest BCUT2D eigenvalue weighted by Gasteiger charge is 2.20. The fourth-order valence-corrected chi connectivity index (χ4v) is 2.68. The van der Waals surface area contributed by atoms with Crippen LogP contribution in [0.25, 0.3) is 0 Å². The first kappa shape index (κ1) is 16.9. The van der Waals surface area contributed by atoms with Crippen molar-refractivity contribution in [3.05, 3.63) is 0 Å². The Balaban J connectivity index is 1.93. The van der Waals surface area contributed by atoms with Crippen molar-refractivity contribution in [3.63, 3.8) is 0 Å². The lowest BCUT2D eigenvalue weighted by molar-refractivity contribution is 0.128. The van der Waals surface area contributed by atoms with Crippen LogP contribution in [0.4, 0.5) is 0 Å². The largest absolute Gasteiger partial charge is 0.380 e. The molecular formula is C13H28N2O3S. The van der Waals surface area contributed by atoms with E-state index in [1.54, 1.807) is 0 Å². The van der Waals surface area contributed by atoms with Gasteiger partial charge >= 0.3 is 0 Å². The molecule has 2 N–H and O–H groups in total. The van der Waals surface area contributed by atoms with E-state index < -0.39 is 10.0 Å². The van der Waals surface area contributed by atoms with Crippen molar-refractivity contribution in [2.45, 2.75) is 45.6 Å². The molecule has 1 rings (SSSR count). The van der Waals surface area contributed by atoms with Gasteiger partial charge in [-0.2, -0.15) is 0 Å². The van der Waals surface area contributed by atoms with Gasteiger partial charge in [0.15, 0.2) is 0 Å². The summed E-state index contributed by atoms with van der Waals surface area (Å²) in [6, 6.07) is 0.644. The Hall–Kier alpha value is -0.170. The lowest BCUT2D eigenvalue weighted by Gasteiger charge is -2.08. The lowest BCUT2D eigenvalue weighted by atomic mass is 10.1. The van der Waals surface area contributed by atoms with Crippen LogP contribution in [0.5, 0.6) is 0 Å². The van der Waals surface area contributed by atoms with Gasteiger partial charge in [0.25, 0.3) is 0 Å². The fourth-order valence-electron chi connectivity index (χ4n) is 1.62.